The van der Waals surface area contributed by atoms with Gasteiger partial charge in [0, 0.05) is 24.8 Å². The minimum absolute atomic E-state index is 0.0287. The average Bonchev–Trinajstić information content (AvgIpc) is 2.54. The van der Waals surface area contributed by atoms with Crippen LogP contribution in [0.4, 0.5) is 11.8 Å². The molecule has 3 N–H and O–H groups in total. The lowest BCUT2D eigenvalue weighted by atomic mass is 10.2. The molecule has 0 radical (unpaired) electrons. The highest BCUT2D eigenvalue weighted by Gasteiger charge is 2.13. The Morgan fingerprint density at radius 3 is 2.86 bits per heavy atom. The van der Waals surface area contributed by atoms with Gasteiger partial charge in [-0.3, -0.25) is 9.59 Å². The zero-order valence-electron chi connectivity index (χ0n) is 11.6. The van der Waals surface area contributed by atoms with E-state index < -0.39 is 11.5 Å². The highest BCUT2D eigenvalue weighted by Crippen LogP contribution is 2.11. The fourth-order valence-corrected chi connectivity index (χ4v) is 1.90. The van der Waals surface area contributed by atoms with E-state index in [-0.39, 0.29) is 5.56 Å². The molecule has 0 saturated carbocycles. The molecule has 0 aliphatic rings. The van der Waals surface area contributed by atoms with Crippen molar-refractivity contribution in [1.29, 1.82) is 0 Å². The van der Waals surface area contributed by atoms with Crippen molar-refractivity contribution in [2.24, 2.45) is 0 Å². The second-order valence-corrected chi connectivity index (χ2v) is 4.43. The number of aromatic amines is 1. The van der Waals surface area contributed by atoms with Crippen LogP contribution in [0, 0.1) is 0 Å². The van der Waals surface area contributed by atoms with E-state index in [2.05, 4.69) is 30.6 Å². The molecule has 3 heterocycles. The third kappa shape index (κ3) is 2.62. The number of carbonyl (C=O) groups excluding carboxylic acids is 1. The molecular formula is C14H12N6O2. The third-order valence-corrected chi connectivity index (χ3v) is 2.97. The van der Waals surface area contributed by atoms with Crippen LogP contribution in [0.5, 0.6) is 0 Å². The van der Waals surface area contributed by atoms with Crippen molar-refractivity contribution in [3.05, 3.63) is 52.6 Å². The Hall–Kier alpha value is -3.29. The first-order chi connectivity index (χ1) is 10.7. The molecule has 0 aromatic carbocycles. The number of H-pyrrole nitrogens is 1. The lowest BCUT2D eigenvalue weighted by molar-refractivity contribution is 0.102. The number of nitrogens with zero attached hydrogens (tertiary/aromatic N) is 3. The Morgan fingerprint density at radius 2 is 2.14 bits per heavy atom. The first-order valence-electron chi connectivity index (χ1n) is 6.47. The molecule has 0 aliphatic carbocycles. The van der Waals surface area contributed by atoms with Gasteiger partial charge < -0.3 is 15.6 Å². The topological polar surface area (TPSA) is 113 Å². The Kier molecular flexibility index (Phi) is 3.48. The zero-order chi connectivity index (χ0) is 15.5. The van der Waals surface area contributed by atoms with Crippen LogP contribution in [-0.2, 0) is 0 Å². The molecule has 3 aromatic heterocycles. The van der Waals surface area contributed by atoms with Gasteiger partial charge in [0.15, 0.2) is 0 Å². The number of hydrogen-bond donors (Lipinski definition) is 3. The summed E-state index contributed by atoms with van der Waals surface area (Å²) in [6.45, 7) is 0. The summed E-state index contributed by atoms with van der Waals surface area (Å²) in [7, 11) is 1.67. The van der Waals surface area contributed by atoms with Crippen molar-refractivity contribution in [1.82, 2.24) is 19.9 Å². The summed E-state index contributed by atoms with van der Waals surface area (Å²) >= 11 is 0. The molecule has 0 unspecified atom stereocenters. The largest absolute Gasteiger partial charge is 0.357 e. The van der Waals surface area contributed by atoms with Gasteiger partial charge in [0.05, 0.1) is 0 Å². The van der Waals surface area contributed by atoms with Crippen LogP contribution in [0.25, 0.3) is 11.0 Å². The van der Waals surface area contributed by atoms with Crippen LogP contribution in [-0.4, -0.2) is 32.9 Å². The van der Waals surface area contributed by atoms with E-state index in [9.17, 15) is 9.59 Å². The SMILES string of the molecule is CNc1ncc2cc(C(=O)Nc3ccccn3)c(=O)[nH]c2n1. The molecule has 0 atom stereocenters. The molecular weight excluding hydrogens is 284 g/mol. The molecule has 8 heteroatoms. The monoisotopic (exact) mass is 296 g/mol. The van der Waals surface area contributed by atoms with Crippen LogP contribution >= 0.6 is 0 Å². The van der Waals surface area contributed by atoms with E-state index in [4.69, 9.17) is 0 Å². The average molecular weight is 296 g/mol. The van der Waals surface area contributed by atoms with Crippen LogP contribution in [0.3, 0.4) is 0 Å². The van der Waals surface area contributed by atoms with Gasteiger partial charge in [-0.1, -0.05) is 6.07 Å². The number of amides is 1. The number of nitrogens with one attached hydrogen (secondary N) is 3. The van der Waals surface area contributed by atoms with Crippen molar-refractivity contribution < 1.29 is 4.79 Å². The Bertz CT molecular complexity index is 891. The Balaban J connectivity index is 1.98. The fourth-order valence-electron chi connectivity index (χ4n) is 1.90. The van der Waals surface area contributed by atoms with Crippen LogP contribution in [0.1, 0.15) is 10.4 Å². The summed E-state index contributed by atoms with van der Waals surface area (Å²) in [5, 5.41) is 5.90. The van der Waals surface area contributed by atoms with Crippen LogP contribution in [0.15, 0.2) is 41.5 Å². The second kappa shape index (κ2) is 5.60. The van der Waals surface area contributed by atoms with Gasteiger partial charge >= 0.3 is 0 Å². The highest BCUT2D eigenvalue weighted by atomic mass is 16.2. The maximum Gasteiger partial charge on any atom is 0.262 e. The zero-order valence-corrected chi connectivity index (χ0v) is 11.6. The molecule has 3 rings (SSSR count). The smallest absolute Gasteiger partial charge is 0.262 e. The predicted octanol–water partition coefficient (Wildman–Crippen LogP) is 1.01. The maximum atomic E-state index is 12.2. The van der Waals surface area contributed by atoms with E-state index in [1.54, 1.807) is 31.4 Å². The Labute approximate surface area is 124 Å². The summed E-state index contributed by atoms with van der Waals surface area (Å²) < 4.78 is 0. The first kappa shape index (κ1) is 13.7. The second-order valence-electron chi connectivity index (χ2n) is 4.43. The molecule has 110 valence electrons. The van der Waals surface area contributed by atoms with Crippen molar-refractivity contribution in [2.45, 2.75) is 0 Å². The Morgan fingerprint density at radius 1 is 1.27 bits per heavy atom. The minimum Gasteiger partial charge on any atom is -0.357 e. The lowest BCUT2D eigenvalue weighted by Gasteiger charge is -2.05. The van der Waals surface area contributed by atoms with Crippen molar-refractivity contribution in [3.63, 3.8) is 0 Å². The van der Waals surface area contributed by atoms with E-state index in [0.717, 1.165) is 0 Å². The van der Waals surface area contributed by atoms with Gasteiger partial charge in [-0.05, 0) is 18.2 Å². The number of hydrogen-bond acceptors (Lipinski definition) is 6. The summed E-state index contributed by atoms with van der Waals surface area (Å²) in [5.41, 5.74) is -0.195. The summed E-state index contributed by atoms with van der Waals surface area (Å²) in [4.78, 5) is 38.9. The van der Waals surface area contributed by atoms with Crippen molar-refractivity contribution in [3.8, 4) is 0 Å². The van der Waals surface area contributed by atoms with E-state index in [1.807, 2.05) is 0 Å². The van der Waals surface area contributed by atoms with E-state index >= 15 is 0 Å². The van der Waals surface area contributed by atoms with Gasteiger partial charge in [0.25, 0.3) is 11.5 Å². The van der Waals surface area contributed by atoms with Crippen LogP contribution < -0.4 is 16.2 Å². The number of aromatic nitrogens is 4. The highest BCUT2D eigenvalue weighted by molar-refractivity contribution is 6.05. The summed E-state index contributed by atoms with van der Waals surface area (Å²) in [5.74, 6) is 0.210. The molecule has 0 fully saturated rings. The molecule has 22 heavy (non-hydrogen) atoms. The van der Waals surface area contributed by atoms with Gasteiger partial charge in [0.1, 0.15) is 17.0 Å². The molecule has 0 spiro atoms. The third-order valence-electron chi connectivity index (χ3n) is 2.97. The van der Waals surface area contributed by atoms with Crippen molar-refractivity contribution in [2.75, 3.05) is 17.7 Å². The molecule has 0 bridgehead atoms. The number of rotatable bonds is 3. The maximum absolute atomic E-state index is 12.2. The minimum atomic E-state index is -0.542. The molecule has 1 amide bonds. The number of fused-ring (bicyclic) bond motifs is 1. The van der Waals surface area contributed by atoms with Crippen molar-refractivity contribution >= 4 is 28.7 Å². The lowest BCUT2D eigenvalue weighted by Crippen LogP contribution is -2.23. The standard InChI is InChI=1S/C14H12N6O2/c1-15-14-17-7-8-6-9(13(22)19-11(8)20-14)12(21)18-10-4-2-3-5-16-10/h2-7H,1H3,(H,16,18,21)(H2,15,17,19,20,22). The molecule has 0 saturated heterocycles. The van der Waals surface area contributed by atoms with Gasteiger partial charge in [-0.2, -0.15) is 4.98 Å². The summed E-state index contributed by atoms with van der Waals surface area (Å²) in [6, 6.07) is 6.55. The molecule has 0 aliphatic heterocycles. The van der Waals surface area contributed by atoms with Gasteiger partial charge in [-0.15, -0.1) is 0 Å². The number of anilines is 2. The molecule has 3 aromatic rings. The quantitative estimate of drug-likeness (QED) is 0.665. The normalized spacial score (nSPS) is 10.4. The van der Waals surface area contributed by atoms with Crippen LogP contribution in [0.2, 0.25) is 0 Å². The summed E-state index contributed by atoms with van der Waals surface area (Å²) in [6.07, 6.45) is 3.08. The number of pyridine rings is 2. The van der Waals surface area contributed by atoms with Gasteiger partial charge in [-0.25, -0.2) is 9.97 Å². The molecule has 8 nitrogen and oxygen atoms in total. The van der Waals surface area contributed by atoms with Gasteiger partial charge in [0.2, 0.25) is 5.95 Å². The van der Waals surface area contributed by atoms with E-state index in [1.165, 1.54) is 12.3 Å². The first-order valence-corrected chi connectivity index (χ1v) is 6.47. The predicted molar refractivity (Wildman–Crippen MR) is 81.9 cm³/mol. The fraction of sp³-hybridized carbons (Fsp3) is 0.0714. The number of carbonyl (C=O) groups is 1. The van der Waals surface area contributed by atoms with E-state index in [0.29, 0.717) is 22.8 Å².